The van der Waals surface area contributed by atoms with Gasteiger partial charge >= 0.3 is 5.82 Å². The van der Waals surface area contributed by atoms with Crippen molar-refractivity contribution in [2.75, 3.05) is 6.61 Å². The zero-order valence-electron chi connectivity index (χ0n) is 15.3. The molecule has 11 heteroatoms. The second kappa shape index (κ2) is 10.0. The van der Waals surface area contributed by atoms with E-state index in [1.165, 1.54) is 10.7 Å². The number of hydrazone groups is 1. The van der Waals surface area contributed by atoms with E-state index in [0.29, 0.717) is 40.2 Å². The third kappa shape index (κ3) is 6.50. The molecule has 1 N–H and O–H groups in total. The summed E-state index contributed by atoms with van der Waals surface area (Å²) in [5.41, 5.74) is 3.63. The van der Waals surface area contributed by atoms with Crippen molar-refractivity contribution in [2.45, 2.75) is 33.2 Å². The summed E-state index contributed by atoms with van der Waals surface area (Å²) in [6, 6.07) is 6.29. The van der Waals surface area contributed by atoms with Gasteiger partial charge in [0.2, 0.25) is 5.91 Å². The molecule has 28 heavy (non-hydrogen) atoms. The molecule has 0 aliphatic rings. The molecule has 0 radical (unpaired) electrons. The Labute approximate surface area is 171 Å². The number of amides is 1. The molecule has 0 saturated carbocycles. The molecule has 1 amide bonds. The fourth-order valence-electron chi connectivity index (χ4n) is 2.21. The van der Waals surface area contributed by atoms with E-state index < -0.39 is 4.92 Å². The summed E-state index contributed by atoms with van der Waals surface area (Å²) in [6.45, 7) is 3.95. The van der Waals surface area contributed by atoms with Gasteiger partial charge in [-0.05, 0) is 43.4 Å². The van der Waals surface area contributed by atoms with Gasteiger partial charge in [0.15, 0.2) is 0 Å². The Morgan fingerprint density at radius 3 is 2.79 bits per heavy atom. The first-order chi connectivity index (χ1) is 13.3. The van der Waals surface area contributed by atoms with Gasteiger partial charge in [-0.25, -0.2) is 5.43 Å². The molecule has 0 bridgehead atoms. The third-order valence-electron chi connectivity index (χ3n) is 3.61. The number of hydrogen-bond donors (Lipinski definition) is 1. The van der Waals surface area contributed by atoms with E-state index in [2.05, 4.69) is 15.6 Å². The number of nitrogens with one attached hydrogen (secondary N) is 1. The number of nitrogens with zero attached hydrogens (tertiary/aromatic N) is 4. The van der Waals surface area contributed by atoms with Crippen LogP contribution in [0.15, 0.2) is 29.4 Å². The molecule has 0 atom stereocenters. The predicted molar refractivity (Wildman–Crippen MR) is 106 cm³/mol. The van der Waals surface area contributed by atoms with E-state index in [-0.39, 0.29) is 24.7 Å². The lowest BCUT2D eigenvalue weighted by atomic mass is 10.3. The molecule has 1 aromatic heterocycles. The highest BCUT2D eigenvalue weighted by atomic mass is 35.5. The highest BCUT2D eigenvalue weighted by Crippen LogP contribution is 2.27. The van der Waals surface area contributed by atoms with Crippen LogP contribution in [0.1, 0.15) is 25.5 Å². The molecule has 2 rings (SSSR count). The Bertz CT molecular complexity index is 898. The molecule has 0 aliphatic heterocycles. The highest BCUT2D eigenvalue weighted by molar-refractivity contribution is 6.35. The van der Waals surface area contributed by atoms with Gasteiger partial charge in [0, 0.05) is 11.4 Å². The molecule has 0 saturated heterocycles. The van der Waals surface area contributed by atoms with Gasteiger partial charge < -0.3 is 14.9 Å². The van der Waals surface area contributed by atoms with Gasteiger partial charge in [-0.1, -0.05) is 23.2 Å². The molecule has 9 nitrogen and oxygen atoms in total. The second-order valence-electron chi connectivity index (χ2n) is 5.97. The van der Waals surface area contributed by atoms with Crippen molar-refractivity contribution in [1.82, 2.24) is 15.2 Å². The Morgan fingerprint density at radius 2 is 2.14 bits per heavy atom. The second-order valence-corrected chi connectivity index (χ2v) is 6.81. The largest absolute Gasteiger partial charge is 0.492 e. The highest BCUT2D eigenvalue weighted by Gasteiger charge is 2.15. The van der Waals surface area contributed by atoms with Crippen LogP contribution in [0.2, 0.25) is 10.0 Å². The zero-order chi connectivity index (χ0) is 20.7. The van der Waals surface area contributed by atoms with Gasteiger partial charge in [-0.2, -0.15) is 9.78 Å². The number of rotatable bonds is 9. The molecular formula is C17H19Cl2N5O4. The standard InChI is InChI=1S/C17H19Cl2N5O4/c1-11(10-23-12(2)8-16(22-23)24(26)27)20-21-17(25)4-3-7-28-15-6-5-13(18)9-14(15)19/h5-6,8-9H,3-4,7,10H2,1-2H3,(H,21,25)/b20-11-. The first kappa shape index (κ1) is 21.6. The van der Waals surface area contributed by atoms with Crippen LogP contribution < -0.4 is 10.2 Å². The fourth-order valence-corrected chi connectivity index (χ4v) is 2.68. The van der Waals surface area contributed by atoms with Crippen molar-refractivity contribution >= 4 is 40.6 Å². The quantitative estimate of drug-likeness (QED) is 0.283. The third-order valence-corrected chi connectivity index (χ3v) is 4.14. The monoisotopic (exact) mass is 427 g/mol. The van der Waals surface area contributed by atoms with E-state index in [1.807, 2.05) is 0 Å². The van der Waals surface area contributed by atoms with E-state index >= 15 is 0 Å². The number of benzene rings is 1. The first-order valence-corrected chi connectivity index (χ1v) is 9.10. The fraction of sp³-hybridized carbons (Fsp3) is 0.353. The van der Waals surface area contributed by atoms with Crippen LogP contribution in [0, 0.1) is 17.0 Å². The van der Waals surface area contributed by atoms with Crippen molar-refractivity contribution in [2.24, 2.45) is 5.10 Å². The molecule has 1 aromatic carbocycles. The Kier molecular flexibility index (Phi) is 7.77. The molecule has 0 spiro atoms. The van der Waals surface area contributed by atoms with Crippen LogP contribution in [0.25, 0.3) is 0 Å². The van der Waals surface area contributed by atoms with Gasteiger partial charge in [0.25, 0.3) is 0 Å². The lowest BCUT2D eigenvalue weighted by molar-refractivity contribution is -0.389. The van der Waals surface area contributed by atoms with Gasteiger partial charge in [-0.3, -0.25) is 4.79 Å². The summed E-state index contributed by atoms with van der Waals surface area (Å²) >= 11 is 11.8. The number of nitro groups is 1. The lowest BCUT2D eigenvalue weighted by Gasteiger charge is -2.08. The van der Waals surface area contributed by atoms with Crippen molar-refractivity contribution < 1.29 is 14.5 Å². The summed E-state index contributed by atoms with van der Waals surface area (Å²) in [6.07, 6.45) is 0.693. The average molecular weight is 428 g/mol. The van der Waals surface area contributed by atoms with Crippen molar-refractivity contribution in [3.63, 3.8) is 0 Å². The number of carbonyl (C=O) groups is 1. The smallest absolute Gasteiger partial charge is 0.390 e. The maximum atomic E-state index is 11.9. The molecule has 0 fully saturated rings. The van der Waals surface area contributed by atoms with E-state index in [0.717, 1.165) is 0 Å². The molecular weight excluding hydrogens is 409 g/mol. The van der Waals surface area contributed by atoms with Crippen LogP contribution in [-0.2, 0) is 11.3 Å². The average Bonchev–Trinajstić information content (AvgIpc) is 2.99. The van der Waals surface area contributed by atoms with Crippen molar-refractivity contribution in [3.05, 3.63) is 50.1 Å². The number of aryl methyl sites for hydroxylation is 1. The number of aromatic nitrogens is 2. The number of halogens is 2. The van der Waals surface area contributed by atoms with Gasteiger partial charge in [0.05, 0.1) is 34.2 Å². The van der Waals surface area contributed by atoms with Gasteiger partial charge in [-0.15, -0.1) is 0 Å². The van der Waals surface area contributed by atoms with E-state index in [4.69, 9.17) is 27.9 Å². The van der Waals surface area contributed by atoms with E-state index in [1.54, 1.807) is 32.0 Å². The summed E-state index contributed by atoms with van der Waals surface area (Å²) < 4.78 is 6.96. The number of carbonyl (C=O) groups excluding carboxylic acids is 1. The van der Waals surface area contributed by atoms with Crippen LogP contribution in [0.5, 0.6) is 5.75 Å². The van der Waals surface area contributed by atoms with Crippen molar-refractivity contribution in [3.8, 4) is 5.75 Å². The molecule has 150 valence electrons. The minimum atomic E-state index is -0.558. The van der Waals surface area contributed by atoms with Crippen LogP contribution >= 0.6 is 23.2 Å². The summed E-state index contributed by atoms with van der Waals surface area (Å²) in [4.78, 5) is 22.0. The maximum absolute atomic E-state index is 11.9. The topological polar surface area (TPSA) is 112 Å². The van der Waals surface area contributed by atoms with Crippen LogP contribution in [0.4, 0.5) is 5.82 Å². The maximum Gasteiger partial charge on any atom is 0.390 e. The SMILES string of the molecule is C/C(Cn1nc([N+](=O)[O-])cc1C)=N/NC(=O)CCCOc1ccc(Cl)cc1Cl. The van der Waals surface area contributed by atoms with E-state index in [9.17, 15) is 14.9 Å². The molecule has 2 aromatic rings. The molecule has 0 unspecified atom stereocenters. The minimum absolute atomic E-state index is 0.217. The number of ether oxygens (including phenoxy) is 1. The van der Waals surface area contributed by atoms with Gasteiger partial charge in [0.1, 0.15) is 12.3 Å². The predicted octanol–water partition coefficient (Wildman–Crippen LogP) is 3.76. The Morgan fingerprint density at radius 1 is 1.39 bits per heavy atom. The Balaban J connectivity index is 1.74. The zero-order valence-corrected chi connectivity index (χ0v) is 16.8. The summed E-state index contributed by atoms with van der Waals surface area (Å²) in [7, 11) is 0. The van der Waals surface area contributed by atoms with Crippen molar-refractivity contribution in [1.29, 1.82) is 0 Å². The van der Waals surface area contributed by atoms with Crippen LogP contribution in [0.3, 0.4) is 0 Å². The van der Waals surface area contributed by atoms with Crippen LogP contribution in [-0.4, -0.2) is 32.9 Å². The molecule has 0 aliphatic carbocycles. The number of hydrogen-bond acceptors (Lipinski definition) is 6. The minimum Gasteiger partial charge on any atom is -0.492 e. The summed E-state index contributed by atoms with van der Waals surface area (Å²) in [5.74, 6) is 0.00692. The normalized spacial score (nSPS) is 11.4. The summed E-state index contributed by atoms with van der Waals surface area (Å²) in [5, 5.41) is 19.5. The lowest BCUT2D eigenvalue weighted by Crippen LogP contribution is -2.21. The Hall–Kier alpha value is -2.65. The molecule has 1 heterocycles. The first-order valence-electron chi connectivity index (χ1n) is 8.35.